The van der Waals surface area contributed by atoms with Gasteiger partial charge in [0.05, 0.1) is 5.52 Å². The molecule has 6 heteroatoms. The fourth-order valence-electron chi connectivity index (χ4n) is 1.67. The van der Waals surface area contributed by atoms with E-state index in [1.165, 1.54) is 0 Å². The molecule has 18 heavy (non-hydrogen) atoms. The van der Waals surface area contributed by atoms with Gasteiger partial charge in [0.15, 0.2) is 5.58 Å². The van der Waals surface area contributed by atoms with E-state index in [0.29, 0.717) is 24.1 Å². The van der Waals surface area contributed by atoms with Crippen LogP contribution in [0.15, 0.2) is 27.4 Å². The van der Waals surface area contributed by atoms with Crippen molar-refractivity contribution in [2.75, 3.05) is 0 Å². The molecular weight excluding hydrogens is 234 g/mol. The summed E-state index contributed by atoms with van der Waals surface area (Å²) in [5.41, 5.74) is 7.52. The quantitative estimate of drug-likeness (QED) is 0.733. The van der Waals surface area contributed by atoms with Crippen molar-refractivity contribution in [2.24, 2.45) is 5.73 Å². The maximum absolute atomic E-state index is 11.4. The van der Waals surface area contributed by atoms with Crippen LogP contribution in [0, 0.1) is 0 Å². The van der Waals surface area contributed by atoms with Crippen molar-refractivity contribution in [3.05, 3.63) is 34.3 Å². The van der Waals surface area contributed by atoms with E-state index in [1.54, 1.807) is 19.1 Å². The highest BCUT2D eigenvalue weighted by molar-refractivity contribution is 5.77. The number of benzene rings is 1. The number of nitrogens with one attached hydrogen (secondary N) is 2. The molecule has 1 aromatic heterocycles. The Kier molecular flexibility index (Phi) is 3.47. The first-order valence-corrected chi connectivity index (χ1v) is 5.68. The van der Waals surface area contributed by atoms with Gasteiger partial charge >= 0.3 is 5.76 Å². The Morgan fingerprint density at radius 2 is 2.33 bits per heavy atom. The molecule has 0 saturated heterocycles. The maximum Gasteiger partial charge on any atom is 0.417 e. The molecule has 4 N–H and O–H groups in total. The van der Waals surface area contributed by atoms with Gasteiger partial charge in [-0.15, -0.1) is 0 Å². The molecule has 1 amide bonds. The number of amides is 1. The van der Waals surface area contributed by atoms with Gasteiger partial charge in [0.1, 0.15) is 0 Å². The normalized spacial score (nSPS) is 12.6. The van der Waals surface area contributed by atoms with E-state index in [4.69, 9.17) is 10.2 Å². The molecule has 0 spiro atoms. The second kappa shape index (κ2) is 5.05. The van der Waals surface area contributed by atoms with E-state index in [9.17, 15) is 9.59 Å². The lowest BCUT2D eigenvalue weighted by molar-refractivity contribution is -0.121. The highest BCUT2D eigenvalue weighted by Gasteiger charge is 2.06. The first-order chi connectivity index (χ1) is 8.54. The summed E-state index contributed by atoms with van der Waals surface area (Å²) >= 11 is 0. The lowest BCUT2D eigenvalue weighted by atomic mass is 10.2. The molecule has 2 rings (SSSR count). The minimum atomic E-state index is -0.483. The molecule has 0 aliphatic rings. The predicted octanol–water partition coefficient (Wildman–Crippen LogP) is 0.475. The Labute approximate surface area is 103 Å². The van der Waals surface area contributed by atoms with Crippen LogP contribution < -0.4 is 16.8 Å². The third-order valence-corrected chi connectivity index (χ3v) is 2.48. The van der Waals surface area contributed by atoms with E-state index in [-0.39, 0.29) is 11.9 Å². The Morgan fingerprint density at radius 3 is 3.06 bits per heavy atom. The second-order valence-corrected chi connectivity index (χ2v) is 4.30. The van der Waals surface area contributed by atoms with E-state index in [0.717, 1.165) is 5.56 Å². The lowest BCUT2D eigenvalue weighted by Crippen LogP contribution is -2.29. The monoisotopic (exact) mass is 249 g/mol. The Hall–Kier alpha value is -2.08. The van der Waals surface area contributed by atoms with Crippen LogP contribution in [0.3, 0.4) is 0 Å². The minimum absolute atomic E-state index is 0.0966. The molecule has 0 fully saturated rings. The summed E-state index contributed by atoms with van der Waals surface area (Å²) in [7, 11) is 0. The van der Waals surface area contributed by atoms with Crippen LogP contribution in [0.25, 0.3) is 11.1 Å². The van der Waals surface area contributed by atoms with Crippen molar-refractivity contribution in [1.82, 2.24) is 10.3 Å². The van der Waals surface area contributed by atoms with Crippen LogP contribution in [-0.4, -0.2) is 16.9 Å². The highest BCUT2D eigenvalue weighted by atomic mass is 16.4. The number of H-pyrrole nitrogens is 1. The Bertz CT molecular complexity index is 612. The molecule has 0 bridgehead atoms. The van der Waals surface area contributed by atoms with Crippen LogP contribution in [0.2, 0.25) is 0 Å². The van der Waals surface area contributed by atoms with Gasteiger partial charge in [-0.05, 0) is 24.6 Å². The number of aromatic nitrogens is 1. The second-order valence-electron chi connectivity index (χ2n) is 4.30. The third-order valence-electron chi connectivity index (χ3n) is 2.48. The molecule has 1 heterocycles. The molecule has 6 nitrogen and oxygen atoms in total. The van der Waals surface area contributed by atoms with Crippen LogP contribution in [0.1, 0.15) is 18.9 Å². The molecule has 2 aromatic rings. The smallest absolute Gasteiger partial charge is 0.408 e. The topological polar surface area (TPSA) is 101 Å². The van der Waals surface area contributed by atoms with Crippen LogP contribution in [0.4, 0.5) is 0 Å². The first kappa shape index (κ1) is 12.4. The van der Waals surface area contributed by atoms with Crippen LogP contribution in [-0.2, 0) is 11.3 Å². The largest absolute Gasteiger partial charge is 0.417 e. The van der Waals surface area contributed by atoms with E-state index in [1.807, 2.05) is 6.07 Å². The minimum Gasteiger partial charge on any atom is -0.408 e. The summed E-state index contributed by atoms with van der Waals surface area (Å²) in [4.78, 5) is 25.0. The van der Waals surface area contributed by atoms with Gasteiger partial charge in [0, 0.05) is 19.0 Å². The van der Waals surface area contributed by atoms with Gasteiger partial charge in [-0.1, -0.05) is 6.07 Å². The van der Waals surface area contributed by atoms with Gasteiger partial charge in [-0.3, -0.25) is 9.78 Å². The molecule has 0 saturated carbocycles. The number of carbonyl (C=O) groups is 1. The number of aromatic amines is 1. The number of nitrogens with two attached hydrogens (primary N) is 1. The molecular formula is C12H15N3O3. The fraction of sp³-hybridized carbons (Fsp3) is 0.333. The lowest BCUT2D eigenvalue weighted by Gasteiger charge is -2.07. The van der Waals surface area contributed by atoms with Crippen molar-refractivity contribution < 1.29 is 9.21 Å². The predicted molar refractivity (Wildman–Crippen MR) is 66.9 cm³/mol. The average molecular weight is 249 g/mol. The van der Waals surface area contributed by atoms with Gasteiger partial charge in [0.2, 0.25) is 5.91 Å². The molecule has 1 unspecified atom stereocenters. The van der Waals surface area contributed by atoms with E-state index < -0.39 is 5.76 Å². The molecule has 0 radical (unpaired) electrons. The van der Waals surface area contributed by atoms with Crippen molar-refractivity contribution in [3.63, 3.8) is 0 Å². The van der Waals surface area contributed by atoms with Gasteiger partial charge in [-0.2, -0.15) is 0 Å². The summed E-state index contributed by atoms with van der Waals surface area (Å²) in [6.07, 6.45) is 0.293. The van der Waals surface area contributed by atoms with E-state index >= 15 is 0 Å². The molecule has 1 aromatic carbocycles. The zero-order valence-corrected chi connectivity index (χ0v) is 10.0. The standard InChI is InChI=1S/C12H15N3O3/c1-7(13)4-11(16)14-6-8-2-3-9-10(5-8)18-12(17)15-9/h2-3,5,7H,4,6,13H2,1H3,(H,14,16)(H,15,17). The van der Waals surface area contributed by atoms with Crippen molar-refractivity contribution in [2.45, 2.75) is 25.9 Å². The summed E-state index contributed by atoms with van der Waals surface area (Å²) < 4.78 is 4.94. The van der Waals surface area contributed by atoms with Crippen LogP contribution in [0.5, 0.6) is 0 Å². The van der Waals surface area contributed by atoms with Gasteiger partial charge in [-0.25, -0.2) is 4.79 Å². The summed E-state index contributed by atoms with van der Waals surface area (Å²) in [5, 5.41) is 2.75. The van der Waals surface area contributed by atoms with Crippen molar-refractivity contribution in [1.29, 1.82) is 0 Å². The number of fused-ring (bicyclic) bond motifs is 1. The molecule has 1 atom stereocenters. The Balaban J connectivity index is 2.03. The summed E-state index contributed by atoms with van der Waals surface area (Å²) in [6, 6.07) is 5.13. The first-order valence-electron chi connectivity index (χ1n) is 5.68. The number of rotatable bonds is 4. The number of oxazole rings is 1. The molecule has 96 valence electrons. The zero-order chi connectivity index (χ0) is 13.1. The third kappa shape index (κ3) is 2.98. The number of carbonyl (C=O) groups excluding carboxylic acids is 1. The van der Waals surface area contributed by atoms with Gasteiger partial charge < -0.3 is 15.5 Å². The average Bonchev–Trinajstić information content (AvgIpc) is 2.64. The van der Waals surface area contributed by atoms with E-state index in [2.05, 4.69) is 10.3 Å². The Morgan fingerprint density at radius 1 is 1.56 bits per heavy atom. The van der Waals surface area contributed by atoms with Gasteiger partial charge in [0.25, 0.3) is 0 Å². The van der Waals surface area contributed by atoms with Crippen molar-refractivity contribution in [3.8, 4) is 0 Å². The highest BCUT2D eigenvalue weighted by Crippen LogP contribution is 2.12. The SMILES string of the molecule is CC(N)CC(=O)NCc1ccc2[nH]c(=O)oc2c1. The fourth-order valence-corrected chi connectivity index (χ4v) is 1.67. The molecule has 0 aliphatic heterocycles. The van der Waals surface area contributed by atoms with Crippen LogP contribution >= 0.6 is 0 Å². The van der Waals surface area contributed by atoms with Crippen molar-refractivity contribution >= 4 is 17.0 Å². The number of hydrogen-bond acceptors (Lipinski definition) is 4. The maximum atomic E-state index is 11.4. The molecule has 0 aliphatic carbocycles. The summed E-state index contributed by atoms with van der Waals surface area (Å²) in [6.45, 7) is 2.16. The summed E-state index contributed by atoms with van der Waals surface area (Å²) in [5.74, 6) is -0.580. The zero-order valence-electron chi connectivity index (χ0n) is 10.0. The number of hydrogen-bond donors (Lipinski definition) is 3.